The molecule has 4 rings (SSSR count). The van der Waals surface area contributed by atoms with Gasteiger partial charge in [0.2, 0.25) is 5.95 Å². The summed E-state index contributed by atoms with van der Waals surface area (Å²) < 4.78 is 5.38. The zero-order valence-corrected chi connectivity index (χ0v) is 15.7. The lowest BCUT2D eigenvalue weighted by molar-refractivity contribution is 0.0398. The molecule has 2 N–H and O–H groups in total. The summed E-state index contributed by atoms with van der Waals surface area (Å²) in [6.45, 7) is 7.85. The lowest BCUT2D eigenvalue weighted by Gasteiger charge is -2.26. The predicted octanol–water partition coefficient (Wildman–Crippen LogP) is 2.56. The van der Waals surface area contributed by atoms with Crippen molar-refractivity contribution in [2.24, 2.45) is 0 Å². The molecule has 1 aromatic carbocycles. The lowest BCUT2D eigenvalue weighted by Crippen LogP contribution is -2.39. The van der Waals surface area contributed by atoms with Gasteiger partial charge in [0.05, 0.1) is 13.2 Å². The van der Waals surface area contributed by atoms with Gasteiger partial charge in [-0.3, -0.25) is 4.90 Å². The van der Waals surface area contributed by atoms with Crippen molar-refractivity contribution in [3.05, 3.63) is 36.5 Å². The third-order valence-corrected chi connectivity index (χ3v) is 5.09. The van der Waals surface area contributed by atoms with Gasteiger partial charge in [0.1, 0.15) is 5.82 Å². The summed E-state index contributed by atoms with van der Waals surface area (Å²) >= 11 is 0. The van der Waals surface area contributed by atoms with Gasteiger partial charge in [0.25, 0.3) is 0 Å². The van der Waals surface area contributed by atoms with Gasteiger partial charge in [0.15, 0.2) is 0 Å². The maximum atomic E-state index is 5.38. The van der Waals surface area contributed by atoms with Gasteiger partial charge in [-0.1, -0.05) is 0 Å². The van der Waals surface area contributed by atoms with Gasteiger partial charge in [-0.25, -0.2) is 4.98 Å². The van der Waals surface area contributed by atoms with Crippen LogP contribution in [0.15, 0.2) is 36.5 Å². The molecule has 2 fully saturated rings. The second-order valence-corrected chi connectivity index (χ2v) is 7.01. The first kappa shape index (κ1) is 18.0. The van der Waals surface area contributed by atoms with Gasteiger partial charge < -0.3 is 20.3 Å². The molecule has 0 saturated carbocycles. The predicted molar refractivity (Wildman–Crippen MR) is 109 cm³/mol. The number of ether oxygens (including phenoxy) is 1. The minimum absolute atomic E-state index is 0.611. The fourth-order valence-electron chi connectivity index (χ4n) is 3.54. The molecule has 2 aliphatic heterocycles. The number of anilines is 4. The Balaban J connectivity index is 1.29. The maximum absolute atomic E-state index is 5.38. The number of rotatable bonds is 7. The number of aromatic nitrogens is 2. The molecule has 7 heteroatoms. The van der Waals surface area contributed by atoms with E-state index in [1.165, 1.54) is 18.5 Å². The standard InChI is InChI=1S/C20H28N6O/c1-2-11-26(10-1)18-5-3-17(4-6-18)23-20-22-8-7-19(24-20)21-9-12-25-13-15-27-16-14-25/h3-8H,1-2,9-16H2,(H2,21,22,23,24). The van der Waals surface area contributed by atoms with Crippen LogP contribution in [0.1, 0.15) is 12.8 Å². The molecule has 0 amide bonds. The van der Waals surface area contributed by atoms with Gasteiger partial charge in [-0.05, 0) is 43.2 Å². The lowest BCUT2D eigenvalue weighted by atomic mass is 10.2. The van der Waals surface area contributed by atoms with Crippen LogP contribution in [0.2, 0.25) is 0 Å². The molecule has 27 heavy (non-hydrogen) atoms. The van der Waals surface area contributed by atoms with E-state index in [2.05, 4.69) is 54.7 Å². The zero-order valence-electron chi connectivity index (χ0n) is 15.7. The normalized spacial score (nSPS) is 17.9. The Morgan fingerprint density at radius 3 is 2.52 bits per heavy atom. The summed E-state index contributed by atoms with van der Waals surface area (Å²) in [6, 6.07) is 10.4. The van der Waals surface area contributed by atoms with Crippen LogP contribution < -0.4 is 15.5 Å². The van der Waals surface area contributed by atoms with Crippen molar-refractivity contribution >= 4 is 23.1 Å². The summed E-state index contributed by atoms with van der Waals surface area (Å²) in [5.41, 5.74) is 2.29. The fourth-order valence-corrected chi connectivity index (χ4v) is 3.54. The van der Waals surface area contributed by atoms with Crippen molar-refractivity contribution in [1.29, 1.82) is 0 Å². The minimum atomic E-state index is 0.611. The van der Waals surface area contributed by atoms with Crippen LogP contribution >= 0.6 is 0 Å². The highest BCUT2D eigenvalue weighted by atomic mass is 16.5. The summed E-state index contributed by atoms with van der Waals surface area (Å²) in [7, 11) is 0. The molecule has 3 heterocycles. The van der Waals surface area contributed by atoms with E-state index in [1.807, 2.05) is 6.07 Å². The van der Waals surface area contributed by atoms with E-state index < -0.39 is 0 Å². The van der Waals surface area contributed by atoms with Gasteiger partial charge >= 0.3 is 0 Å². The molecule has 0 bridgehead atoms. The molecular formula is C20H28N6O. The van der Waals surface area contributed by atoms with E-state index in [0.29, 0.717) is 5.95 Å². The largest absolute Gasteiger partial charge is 0.379 e. The number of hydrogen-bond acceptors (Lipinski definition) is 7. The van der Waals surface area contributed by atoms with E-state index in [9.17, 15) is 0 Å². The van der Waals surface area contributed by atoms with Crippen molar-refractivity contribution < 1.29 is 4.74 Å². The highest BCUT2D eigenvalue weighted by Gasteiger charge is 2.12. The van der Waals surface area contributed by atoms with Gasteiger partial charge in [-0.15, -0.1) is 0 Å². The number of benzene rings is 1. The summed E-state index contributed by atoms with van der Waals surface area (Å²) in [5, 5.41) is 6.68. The molecule has 2 aromatic rings. The molecule has 0 radical (unpaired) electrons. The third kappa shape index (κ3) is 5.08. The van der Waals surface area contributed by atoms with Crippen molar-refractivity contribution in [2.75, 3.05) is 68.0 Å². The zero-order chi connectivity index (χ0) is 18.3. The highest BCUT2D eigenvalue weighted by molar-refractivity contribution is 5.60. The van der Waals surface area contributed by atoms with Crippen molar-refractivity contribution in [3.63, 3.8) is 0 Å². The van der Waals surface area contributed by atoms with Crippen molar-refractivity contribution in [2.45, 2.75) is 12.8 Å². The Kier molecular flexibility index (Phi) is 6.01. The number of nitrogens with one attached hydrogen (secondary N) is 2. The van der Waals surface area contributed by atoms with Crippen LogP contribution in [0.25, 0.3) is 0 Å². The molecule has 0 aliphatic carbocycles. The molecule has 0 unspecified atom stereocenters. The molecule has 2 saturated heterocycles. The summed E-state index contributed by atoms with van der Waals surface area (Å²) in [5.74, 6) is 1.45. The molecule has 0 spiro atoms. The van der Waals surface area contributed by atoms with Crippen molar-refractivity contribution in [3.8, 4) is 0 Å². The van der Waals surface area contributed by atoms with Crippen LogP contribution in [-0.2, 0) is 4.74 Å². The second-order valence-electron chi connectivity index (χ2n) is 7.01. The minimum Gasteiger partial charge on any atom is -0.379 e. The number of morpholine rings is 1. The van der Waals surface area contributed by atoms with Crippen LogP contribution in [-0.4, -0.2) is 67.4 Å². The molecule has 144 valence electrons. The Labute approximate surface area is 160 Å². The summed E-state index contributed by atoms with van der Waals surface area (Å²) in [6.07, 6.45) is 4.36. The molecule has 2 aliphatic rings. The number of hydrogen-bond donors (Lipinski definition) is 2. The van der Waals surface area contributed by atoms with E-state index >= 15 is 0 Å². The third-order valence-electron chi connectivity index (χ3n) is 5.09. The number of nitrogens with zero attached hydrogens (tertiary/aromatic N) is 4. The topological polar surface area (TPSA) is 65.6 Å². The van der Waals surface area contributed by atoms with Gasteiger partial charge in [-0.2, -0.15) is 4.98 Å². The Hall–Kier alpha value is -2.38. The van der Waals surface area contributed by atoms with Gasteiger partial charge in [0, 0.05) is 56.8 Å². The Bertz CT molecular complexity index is 711. The first-order chi connectivity index (χ1) is 13.4. The van der Waals surface area contributed by atoms with E-state index in [1.54, 1.807) is 6.20 Å². The Morgan fingerprint density at radius 1 is 0.963 bits per heavy atom. The average Bonchev–Trinajstić information content (AvgIpc) is 3.25. The first-order valence-electron chi connectivity index (χ1n) is 9.86. The quantitative estimate of drug-likeness (QED) is 0.779. The average molecular weight is 368 g/mol. The Morgan fingerprint density at radius 2 is 1.74 bits per heavy atom. The first-order valence-corrected chi connectivity index (χ1v) is 9.86. The van der Waals surface area contributed by atoms with Crippen LogP contribution in [0.3, 0.4) is 0 Å². The maximum Gasteiger partial charge on any atom is 0.229 e. The fraction of sp³-hybridized carbons (Fsp3) is 0.500. The van der Waals surface area contributed by atoms with Crippen LogP contribution in [0, 0.1) is 0 Å². The molecule has 7 nitrogen and oxygen atoms in total. The molecular weight excluding hydrogens is 340 g/mol. The van der Waals surface area contributed by atoms with E-state index in [4.69, 9.17) is 4.74 Å². The van der Waals surface area contributed by atoms with Crippen LogP contribution in [0.4, 0.5) is 23.1 Å². The van der Waals surface area contributed by atoms with E-state index in [-0.39, 0.29) is 0 Å². The second kappa shape index (κ2) is 9.01. The van der Waals surface area contributed by atoms with Crippen molar-refractivity contribution in [1.82, 2.24) is 14.9 Å². The smallest absolute Gasteiger partial charge is 0.229 e. The van der Waals surface area contributed by atoms with Crippen LogP contribution in [0.5, 0.6) is 0 Å². The SMILES string of the molecule is c1cc(NCCN2CCOCC2)nc(Nc2ccc(N3CCCC3)cc2)n1. The molecule has 0 atom stereocenters. The highest BCUT2D eigenvalue weighted by Crippen LogP contribution is 2.23. The molecule has 1 aromatic heterocycles. The summed E-state index contributed by atoms with van der Waals surface area (Å²) in [4.78, 5) is 13.7. The van der Waals surface area contributed by atoms with E-state index in [0.717, 1.165) is 64.0 Å². The monoisotopic (exact) mass is 368 g/mol.